The monoisotopic (exact) mass is 443 g/mol. The second kappa shape index (κ2) is 10.6. The molecule has 0 spiro atoms. The zero-order valence-electron chi connectivity index (χ0n) is 18.2. The van der Waals surface area contributed by atoms with E-state index in [1.807, 2.05) is 32.0 Å². The molecule has 1 fully saturated rings. The topological polar surface area (TPSA) is 70.7 Å². The van der Waals surface area contributed by atoms with Crippen LogP contribution in [0.5, 0.6) is 5.75 Å². The third-order valence-corrected chi connectivity index (χ3v) is 5.70. The second-order valence-electron chi connectivity index (χ2n) is 8.11. The van der Waals surface area contributed by atoms with E-state index < -0.39 is 6.04 Å². The molecule has 1 aliphatic rings. The Bertz CT molecular complexity index is 904. The number of halogens is 1. The molecule has 7 heteroatoms. The molecule has 0 radical (unpaired) electrons. The lowest BCUT2D eigenvalue weighted by Gasteiger charge is -2.24. The molecule has 6 nitrogen and oxygen atoms in total. The van der Waals surface area contributed by atoms with Crippen molar-refractivity contribution >= 4 is 23.4 Å². The number of benzene rings is 2. The predicted octanol–water partition coefficient (Wildman–Crippen LogP) is 3.46. The van der Waals surface area contributed by atoms with Crippen molar-refractivity contribution in [1.29, 1.82) is 0 Å². The Balaban J connectivity index is 1.64. The van der Waals surface area contributed by atoms with Gasteiger partial charge in [0.2, 0.25) is 5.91 Å². The zero-order valence-corrected chi connectivity index (χ0v) is 19.0. The van der Waals surface area contributed by atoms with E-state index in [0.29, 0.717) is 28.8 Å². The first-order valence-electron chi connectivity index (χ1n) is 10.6. The van der Waals surface area contributed by atoms with Crippen LogP contribution < -0.4 is 15.4 Å². The first-order valence-corrected chi connectivity index (χ1v) is 11.0. The molecule has 2 N–H and O–H groups in total. The molecule has 1 saturated heterocycles. The van der Waals surface area contributed by atoms with Crippen LogP contribution in [0.2, 0.25) is 5.02 Å². The zero-order chi connectivity index (χ0) is 22.4. The predicted molar refractivity (Wildman–Crippen MR) is 123 cm³/mol. The van der Waals surface area contributed by atoms with Crippen LogP contribution in [0.1, 0.15) is 42.1 Å². The fourth-order valence-corrected chi connectivity index (χ4v) is 4.08. The largest absolute Gasteiger partial charge is 0.489 e. The molecule has 1 aliphatic heterocycles. The van der Waals surface area contributed by atoms with Gasteiger partial charge in [-0.2, -0.15) is 0 Å². The molecule has 2 atom stereocenters. The summed E-state index contributed by atoms with van der Waals surface area (Å²) in [5, 5.41) is 5.88. The third-order valence-electron chi connectivity index (χ3n) is 5.41. The van der Waals surface area contributed by atoms with Gasteiger partial charge in [-0.05, 0) is 56.5 Å². The number of hydrogen-bond acceptors (Lipinski definition) is 4. The molecule has 2 aromatic rings. The Hall–Kier alpha value is -2.57. The quantitative estimate of drug-likeness (QED) is 0.655. The van der Waals surface area contributed by atoms with Crippen LogP contribution in [0.4, 0.5) is 0 Å². The molecule has 0 aromatic heterocycles. The minimum Gasteiger partial charge on any atom is -0.489 e. The van der Waals surface area contributed by atoms with E-state index in [9.17, 15) is 9.59 Å². The Morgan fingerprint density at radius 2 is 1.94 bits per heavy atom. The number of likely N-dealkylation sites (N-methyl/N-ethyl adjacent to an activating group) is 1. The number of carbonyl (C=O) groups is 2. The number of hydrogen-bond donors (Lipinski definition) is 2. The van der Waals surface area contributed by atoms with E-state index in [1.165, 1.54) is 5.56 Å². The van der Waals surface area contributed by atoms with Gasteiger partial charge in [0.1, 0.15) is 11.8 Å². The Kier molecular flexibility index (Phi) is 7.93. The smallest absolute Gasteiger partial charge is 0.252 e. The van der Waals surface area contributed by atoms with Crippen molar-refractivity contribution in [3.8, 4) is 5.75 Å². The second-order valence-corrected chi connectivity index (χ2v) is 8.52. The third kappa shape index (κ3) is 6.21. The lowest BCUT2D eigenvalue weighted by molar-refractivity contribution is -0.122. The van der Waals surface area contributed by atoms with E-state index in [1.54, 1.807) is 25.2 Å². The van der Waals surface area contributed by atoms with Crippen molar-refractivity contribution in [2.75, 3.05) is 26.7 Å². The van der Waals surface area contributed by atoms with E-state index >= 15 is 0 Å². The molecule has 3 rings (SSSR count). The number of carbonyl (C=O) groups excluding carboxylic acids is 2. The Morgan fingerprint density at radius 1 is 1.19 bits per heavy atom. The van der Waals surface area contributed by atoms with Gasteiger partial charge in [-0.3, -0.25) is 9.59 Å². The van der Waals surface area contributed by atoms with Crippen LogP contribution in [0.15, 0.2) is 48.5 Å². The molecule has 2 aromatic carbocycles. The van der Waals surface area contributed by atoms with Crippen LogP contribution >= 0.6 is 11.6 Å². The van der Waals surface area contributed by atoms with Gasteiger partial charge in [0, 0.05) is 25.7 Å². The van der Waals surface area contributed by atoms with Gasteiger partial charge < -0.3 is 20.3 Å². The number of amides is 2. The van der Waals surface area contributed by atoms with Crippen LogP contribution in [0, 0.1) is 0 Å². The molecule has 0 saturated carbocycles. The fourth-order valence-electron chi connectivity index (χ4n) is 3.86. The number of rotatable bonds is 8. The Morgan fingerprint density at radius 3 is 2.58 bits per heavy atom. The molecular weight excluding hydrogens is 414 g/mol. The summed E-state index contributed by atoms with van der Waals surface area (Å²) >= 11 is 6.26. The SMILES string of the molecule is CNC(=O)[C@H](CN1CCC(c2ccccc2)C1)NC(=O)c1ccc(OC(C)C)c(Cl)c1. The highest BCUT2D eigenvalue weighted by molar-refractivity contribution is 6.32. The van der Waals surface area contributed by atoms with Crippen LogP contribution in [-0.4, -0.2) is 55.5 Å². The minimum atomic E-state index is -0.655. The first-order chi connectivity index (χ1) is 14.9. The maximum Gasteiger partial charge on any atom is 0.252 e. The molecule has 166 valence electrons. The van der Waals surface area contributed by atoms with Crippen molar-refractivity contribution in [1.82, 2.24) is 15.5 Å². The summed E-state index contributed by atoms with van der Waals surface area (Å²) in [6.07, 6.45) is 1.01. The number of ether oxygens (including phenoxy) is 1. The summed E-state index contributed by atoms with van der Waals surface area (Å²) in [6.45, 7) is 6.02. The average Bonchev–Trinajstić information content (AvgIpc) is 3.23. The maximum atomic E-state index is 12.8. The van der Waals surface area contributed by atoms with Gasteiger partial charge in [0.15, 0.2) is 0 Å². The maximum absolute atomic E-state index is 12.8. The van der Waals surface area contributed by atoms with Gasteiger partial charge in [0.25, 0.3) is 5.91 Å². The highest BCUT2D eigenvalue weighted by atomic mass is 35.5. The van der Waals surface area contributed by atoms with E-state index in [2.05, 4.69) is 27.7 Å². The van der Waals surface area contributed by atoms with Gasteiger partial charge in [-0.15, -0.1) is 0 Å². The standard InChI is InChI=1S/C24H30ClN3O3/c1-16(2)31-22-10-9-18(13-20(22)25)23(29)27-21(24(30)26-3)15-28-12-11-19(14-28)17-7-5-4-6-8-17/h4-10,13,16,19,21H,11-12,14-15H2,1-3H3,(H,26,30)(H,27,29)/t19?,21-/m0/s1. The van der Waals surface area contributed by atoms with Crippen LogP contribution in [0.25, 0.3) is 0 Å². The summed E-state index contributed by atoms with van der Waals surface area (Å²) < 4.78 is 5.62. The molecule has 2 amide bonds. The van der Waals surface area contributed by atoms with Crippen molar-refractivity contribution < 1.29 is 14.3 Å². The highest BCUT2D eigenvalue weighted by Gasteiger charge is 2.29. The minimum absolute atomic E-state index is 0.0185. The number of nitrogens with zero attached hydrogens (tertiary/aromatic N) is 1. The van der Waals surface area contributed by atoms with Gasteiger partial charge in [-0.1, -0.05) is 41.9 Å². The summed E-state index contributed by atoms with van der Waals surface area (Å²) in [5.41, 5.74) is 1.70. The average molecular weight is 444 g/mol. The van der Waals surface area contributed by atoms with E-state index in [4.69, 9.17) is 16.3 Å². The number of likely N-dealkylation sites (tertiary alicyclic amines) is 1. The Labute approximate surface area is 188 Å². The van der Waals surface area contributed by atoms with Crippen LogP contribution in [0.3, 0.4) is 0 Å². The van der Waals surface area contributed by atoms with Crippen molar-refractivity contribution in [3.05, 3.63) is 64.7 Å². The first kappa shape index (κ1) is 23.1. The molecule has 1 unspecified atom stereocenters. The lowest BCUT2D eigenvalue weighted by atomic mass is 9.99. The molecule has 31 heavy (non-hydrogen) atoms. The molecular formula is C24H30ClN3O3. The van der Waals surface area contributed by atoms with Crippen molar-refractivity contribution in [3.63, 3.8) is 0 Å². The van der Waals surface area contributed by atoms with E-state index in [-0.39, 0.29) is 17.9 Å². The normalized spacial score (nSPS) is 17.4. The summed E-state index contributed by atoms with van der Waals surface area (Å²) in [6, 6.07) is 14.6. The summed E-state index contributed by atoms with van der Waals surface area (Å²) in [7, 11) is 1.58. The van der Waals surface area contributed by atoms with Gasteiger partial charge >= 0.3 is 0 Å². The fraction of sp³-hybridized carbons (Fsp3) is 0.417. The molecule has 0 bridgehead atoms. The lowest BCUT2D eigenvalue weighted by Crippen LogP contribution is -2.51. The highest BCUT2D eigenvalue weighted by Crippen LogP contribution is 2.28. The van der Waals surface area contributed by atoms with E-state index in [0.717, 1.165) is 19.5 Å². The van der Waals surface area contributed by atoms with Crippen LogP contribution in [-0.2, 0) is 4.79 Å². The van der Waals surface area contributed by atoms with Gasteiger partial charge in [0.05, 0.1) is 11.1 Å². The summed E-state index contributed by atoms with van der Waals surface area (Å²) in [4.78, 5) is 27.5. The molecule has 1 heterocycles. The van der Waals surface area contributed by atoms with Gasteiger partial charge in [-0.25, -0.2) is 0 Å². The summed E-state index contributed by atoms with van der Waals surface area (Å²) in [5.74, 6) is 0.405. The molecule has 0 aliphatic carbocycles. The van der Waals surface area contributed by atoms with Crippen molar-refractivity contribution in [2.45, 2.75) is 38.3 Å². The van der Waals surface area contributed by atoms with Crippen molar-refractivity contribution in [2.24, 2.45) is 0 Å². The number of nitrogens with one attached hydrogen (secondary N) is 2.